The largest absolute Gasteiger partial charge is 0.484 e. The highest BCUT2D eigenvalue weighted by Gasteiger charge is 2.08. The molecule has 0 aromatic heterocycles. The van der Waals surface area contributed by atoms with Crippen molar-refractivity contribution in [3.8, 4) is 5.75 Å². The average molecular weight is 278 g/mol. The minimum atomic E-state index is -1.09. The summed E-state index contributed by atoms with van der Waals surface area (Å²) in [6, 6.07) is 5.04. The third kappa shape index (κ3) is 5.21. The molecule has 0 unspecified atom stereocenters. The summed E-state index contributed by atoms with van der Waals surface area (Å²) < 4.78 is 5.09. The number of aromatic carboxylic acids is 1. The second-order valence-corrected chi connectivity index (χ2v) is 3.67. The third-order valence-electron chi connectivity index (χ3n) is 2.11. The van der Waals surface area contributed by atoms with Crippen molar-refractivity contribution in [2.75, 3.05) is 13.2 Å². The van der Waals surface area contributed by atoms with Crippen LogP contribution in [0.1, 0.15) is 10.4 Å². The minimum Gasteiger partial charge on any atom is -0.484 e. The van der Waals surface area contributed by atoms with Gasteiger partial charge < -0.3 is 15.2 Å². The van der Waals surface area contributed by atoms with Crippen LogP contribution in [0.3, 0.4) is 0 Å². The first-order valence-corrected chi connectivity index (χ1v) is 5.67. The SMILES string of the molecule is C=CCNC(=O)NC(=O)COc1cccc(C(=O)O)c1. The van der Waals surface area contributed by atoms with E-state index in [-0.39, 0.29) is 17.9 Å². The van der Waals surface area contributed by atoms with Gasteiger partial charge in [-0.2, -0.15) is 0 Å². The van der Waals surface area contributed by atoms with Crippen LogP contribution < -0.4 is 15.4 Å². The van der Waals surface area contributed by atoms with E-state index in [4.69, 9.17) is 9.84 Å². The number of imide groups is 1. The number of carbonyl (C=O) groups is 3. The standard InChI is InChI=1S/C13H14N2O5/c1-2-6-14-13(19)15-11(16)8-20-10-5-3-4-9(7-10)12(17)18/h2-5,7H,1,6,8H2,(H,17,18)(H2,14,15,16,19). The van der Waals surface area contributed by atoms with Crippen LogP contribution in [0.2, 0.25) is 0 Å². The molecule has 7 heteroatoms. The molecule has 20 heavy (non-hydrogen) atoms. The van der Waals surface area contributed by atoms with E-state index in [0.29, 0.717) is 0 Å². The van der Waals surface area contributed by atoms with Crippen molar-refractivity contribution >= 4 is 17.9 Å². The van der Waals surface area contributed by atoms with Gasteiger partial charge in [0.1, 0.15) is 5.75 Å². The van der Waals surface area contributed by atoms with Crippen molar-refractivity contribution in [2.45, 2.75) is 0 Å². The topological polar surface area (TPSA) is 105 Å². The van der Waals surface area contributed by atoms with E-state index in [1.54, 1.807) is 0 Å². The lowest BCUT2D eigenvalue weighted by Gasteiger charge is -2.07. The fraction of sp³-hybridized carbons (Fsp3) is 0.154. The third-order valence-corrected chi connectivity index (χ3v) is 2.11. The van der Waals surface area contributed by atoms with E-state index < -0.39 is 24.5 Å². The van der Waals surface area contributed by atoms with E-state index in [1.807, 2.05) is 5.32 Å². The Balaban J connectivity index is 2.44. The van der Waals surface area contributed by atoms with Crippen molar-refractivity contribution in [2.24, 2.45) is 0 Å². The lowest BCUT2D eigenvalue weighted by atomic mass is 10.2. The van der Waals surface area contributed by atoms with Crippen LogP contribution >= 0.6 is 0 Å². The fourth-order valence-electron chi connectivity index (χ4n) is 1.24. The Kier molecular flexibility index (Phi) is 5.76. The number of carboxylic acid groups (broad SMARTS) is 1. The molecule has 0 aliphatic heterocycles. The Morgan fingerprint density at radius 1 is 1.35 bits per heavy atom. The lowest BCUT2D eigenvalue weighted by Crippen LogP contribution is -2.41. The number of amides is 3. The van der Waals surface area contributed by atoms with Crippen LogP contribution in [-0.2, 0) is 4.79 Å². The molecule has 0 atom stereocenters. The van der Waals surface area contributed by atoms with Crippen LogP contribution in [0, 0.1) is 0 Å². The molecule has 0 radical (unpaired) electrons. The number of benzene rings is 1. The predicted molar refractivity (Wildman–Crippen MR) is 70.6 cm³/mol. The van der Waals surface area contributed by atoms with Gasteiger partial charge in [-0.15, -0.1) is 6.58 Å². The highest BCUT2D eigenvalue weighted by Crippen LogP contribution is 2.12. The Labute approximate surface area is 115 Å². The summed E-state index contributed by atoms with van der Waals surface area (Å²) in [7, 11) is 0. The minimum absolute atomic E-state index is 0.0478. The summed E-state index contributed by atoms with van der Waals surface area (Å²) in [5.41, 5.74) is 0.0478. The number of ether oxygens (including phenoxy) is 1. The molecule has 0 aliphatic carbocycles. The molecule has 3 amide bonds. The van der Waals surface area contributed by atoms with Gasteiger partial charge in [0.05, 0.1) is 5.56 Å². The Morgan fingerprint density at radius 3 is 2.75 bits per heavy atom. The van der Waals surface area contributed by atoms with Crippen molar-refractivity contribution in [1.29, 1.82) is 0 Å². The summed E-state index contributed by atoms with van der Waals surface area (Å²) >= 11 is 0. The lowest BCUT2D eigenvalue weighted by molar-refractivity contribution is -0.122. The van der Waals surface area contributed by atoms with Gasteiger partial charge in [-0.1, -0.05) is 12.1 Å². The van der Waals surface area contributed by atoms with Crippen LogP contribution in [0.5, 0.6) is 5.75 Å². The van der Waals surface area contributed by atoms with Gasteiger partial charge in [0.15, 0.2) is 6.61 Å². The molecular formula is C13H14N2O5. The molecule has 0 fully saturated rings. The molecule has 0 saturated carbocycles. The Hall–Kier alpha value is -2.83. The van der Waals surface area contributed by atoms with Gasteiger partial charge in [0.2, 0.25) is 0 Å². The second kappa shape index (κ2) is 7.57. The van der Waals surface area contributed by atoms with E-state index in [9.17, 15) is 14.4 Å². The molecule has 1 aromatic carbocycles. The maximum atomic E-state index is 11.4. The van der Waals surface area contributed by atoms with E-state index in [2.05, 4.69) is 11.9 Å². The number of urea groups is 1. The number of hydrogen-bond acceptors (Lipinski definition) is 4. The zero-order valence-electron chi connectivity index (χ0n) is 10.6. The highest BCUT2D eigenvalue weighted by molar-refractivity contribution is 5.95. The smallest absolute Gasteiger partial charge is 0.335 e. The van der Waals surface area contributed by atoms with E-state index >= 15 is 0 Å². The zero-order chi connectivity index (χ0) is 15.0. The number of carboxylic acids is 1. The van der Waals surface area contributed by atoms with Gasteiger partial charge >= 0.3 is 12.0 Å². The average Bonchev–Trinajstić information content (AvgIpc) is 2.43. The van der Waals surface area contributed by atoms with Crippen molar-refractivity contribution in [1.82, 2.24) is 10.6 Å². The quantitative estimate of drug-likeness (QED) is 0.667. The number of rotatable bonds is 6. The van der Waals surface area contributed by atoms with Crippen LogP contribution in [0.25, 0.3) is 0 Å². The van der Waals surface area contributed by atoms with Gasteiger partial charge in [-0.05, 0) is 18.2 Å². The van der Waals surface area contributed by atoms with Gasteiger partial charge in [-0.3, -0.25) is 10.1 Å². The first-order valence-electron chi connectivity index (χ1n) is 5.67. The number of hydrogen-bond donors (Lipinski definition) is 3. The second-order valence-electron chi connectivity index (χ2n) is 3.67. The number of nitrogens with one attached hydrogen (secondary N) is 2. The summed E-state index contributed by atoms with van der Waals surface area (Å²) in [6.07, 6.45) is 1.47. The first kappa shape index (κ1) is 15.2. The molecule has 106 valence electrons. The van der Waals surface area contributed by atoms with Crippen molar-refractivity contribution in [3.63, 3.8) is 0 Å². The summed E-state index contributed by atoms with van der Waals surface area (Å²) in [5.74, 6) is -1.51. The van der Waals surface area contributed by atoms with Gasteiger partial charge in [-0.25, -0.2) is 9.59 Å². The fourth-order valence-corrected chi connectivity index (χ4v) is 1.24. The monoisotopic (exact) mass is 278 g/mol. The molecule has 0 heterocycles. The van der Waals surface area contributed by atoms with Crippen LogP contribution in [-0.4, -0.2) is 36.2 Å². The molecule has 3 N–H and O–H groups in total. The molecule has 1 aromatic rings. The first-order chi connectivity index (χ1) is 9.52. The molecule has 0 saturated heterocycles. The summed E-state index contributed by atoms with van der Waals surface area (Å²) in [6.45, 7) is 3.25. The summed E-state index contributed by atoms with van der Waals surface area (Å²) in [4.78, 5) is 33.3. The Morgan fingerprint density at radius 2 is 2.10 bits per heavy atom. The molecule has 0 spiro atoms. The highest BCUT2D eigenvalue weighted by atomic mass is 16.5. The molecule has 0 bridgehead atoms. The molecular weight excluding hydrogens is 264 g/mol. The van der Waals surface area contributed by atoms with Crippen molar-refractivity contribution < 1.29 is 24.2 Å². The normalized spacial score (nSPS) is 9.40. The molecule has 0 aliphatic rings. The van der Waals surface area contributed by atoms with E-state index in [0.717, 1.165) is 0 Å². The van der Waals surface area contributed by atoms with E-state index in [1.165, 1.54) is 30.3 Å². The molecule has 1 rings (SSSR count). The maximum absolute atomic E-state index is 11.4. The van der Waals surface area contributed by atoms with Crippen LogP contribution in [0.4, 0.5) is 4.79 Å². The number of carbonyl (C=O) groups excluding carboxylic acids is 2. The Bertz CT molecular complexity index is 527. The molecule has 7 nitrogen and oxygen atoms in total. The van der Waals surface area contributed by atoms with Gasteiger partial charge in [0, 0.05) is 6.54 Å². The van der Waals surface area contributed by atoms with Crippen molar-refractivity contribution in [3.05, 3.63) is 42.5 Å². The maximum Gasteiger partial charge on any atom is 0.335 e. The zero-order valence-corrected chi connectivity index (χ0v) is 10.6. The summed E-state index contributed by atoms with van der Waals surface area (Å²) in [5, 5.41) is 13.2. The van der Waals surface area contributed by atoms with Gasteiger partial charge in [0.25, 0.3) is 5.91 Å². The van der Waals surface area contributed by atoms with Crippen LogP contribution in [0.15, 0.2) is 36.9 Å². The predicted octanol–water partition coefficient (Wildman–Crippen LogP) is 0.775.